The van der Waals surface area contributed by atoms with Crippen LogP contribution in [0.4, 0.5) is 5.69 Å². The molecule has 1 aromatic rings. The van der Waals surface area contributed by atoms with Crippen LogP contribution in [0.15, 0.2) is 29.3 Å². The van der Waals surface area contributed by atoms with E-state index in [2.05, 4.69) is 4.99 Å². The molecule has 8 nitrogen and oxygen atoms in total. The Hall–Kier alpha value is -1.62. The van der Waals surface area contributed by atoms with Crippen LogP contribution in [0.3, 0.4) is 0 Å². The molecule has 2 aliphatic heterocycles. The number of carbonyl (C=O) groups excluding carboxylic acids is 1. The first-order valence-corrected chi connectivity index (χ1v) is 10.7. The minimum absolute atomic E-state index is 0.0160. The second kappa shape index (κ2) is 7.55. The molecule has 140 valence electrons. The van der Waals surface area contributed by atoms with Gasteiger partial charge in [-0.25, -0.2) is 13.2 Å². The van der Waals surface area contributed by atoms with Crippen molar-refractivity contribution in [2.24, 2.45) is 4.99 Å². The smallest absolute Gasteiger partial charge is 0.329 e. The monoisotopic (exact) mass is 418 g/mol. The van der Waals surface area contributed by atoms with Crippen molar-refractivity contribution < 1.29 is 27.9 Å². The van der Waals surface area contributed by atoms with Crippen molar-refractivity contribution >= 4 is 55.9 Å². The Bertz CT molecular complexity index is 873. The number of carbonyl (C=O) groups is 2. The third-order valence-corrected chi connectivity index (χ3v) is 7.27. The maximum absolute atomic E-state index is 12.0. The van der Waals surface area contributed by atoms with Crippen LogP contribution in [0.1, 0.15) is 0 Å². The highest BCUT2D eigenvalue weighted by atomic mass is 35.5. The lowest BCUT2D eigenvalue weighted by molar-refractivity contribution is -0.143. The molecule has 0 unspecified atom stereocenters. The number of carboxylic acid groups (broad SMARTS) is 1. The van der Waals surface area contributed by atoms with E-state index in [4.69, 9.17) is 21.4 Å². The number of nitrogens with zero attached hydrogens (tertiary/aromatic N) is 2. The Kier molecular flexibility index (Phi) is 5.56. The van der Waals surface area contributed by atoms with E-state index >= 15 is 0 Å². The van der Waals surface area contributed by atoms with Gasteiger partial charge in [0.1, 0.15) is 13.2 Å². The second-order valence-electron chi connectivity index (χ2n) is 5.83. The molecule has 1 N–H and O–H groups in total. The zero-order valence-electron chi connectivity index (χ0n) is 13.4. The van der Waals surface area contributed by atoms with E-state index in [-0.39, 0.29) is 22.8 Å². The molecule has 0 spiro atoms. The van der Waals surface area contributed by atoms with Crippen LogP contribution in [0.2, 0.25) is 5.02 Å². The van der Waals surface area contributed by atoms with Crippen molar-refractivity contribution in [2.45, 2.75) is 11.3 Å². The van der Waals surface area contributed by atoms with Crippen molar-refractivity contribution in [1.29, 1.82) is 0 Å². The van der Waals surface area contributed by atoms with E-state index in [9.17, 15) is 18.0 Å². The Labute approximate surface area is 159 Å². The summed E-state index contributed by atoms with van der Waals surface area (Å²) in [5.41, 5.74) is 0.646. The molecular weight excluding hydrogens is 404 g/mol. The van der Waals surface area contributed by atoms with Gasteiger partial charge in [0.2, 0.25) is 0 Å². The van der Waals surface area contributed by atoms with Gasteiger partial charge in [-0.05, 0) is 18.2 Å². The minimum atomic E-state index is -3.16. The minimum Gasteiger partial charge on any atom is -0.480 e. The van der Waals surface area contributed by atoms with Gasteiger partial charge in [0.15, 0.2) is 15.0 Å². The van der Waals surface area contributed by atoms with Gasteiger partial charge in [-0.1, -0.05) is 29.4 Å². The number of hydrogen-bond acceptors (Lipinski definition) is 6. The first-order valence-electron chi connectivity index (χ1n) is 7.58. The van der Waals surface area contributed by atoms with Gasteiger partial charge in [0.05, 0.1) is 17.5 Å². The highest BCUT2D eigenvalue weighted by Crippen LogP contribution is 2.41. The normalized spacial score (nSPS) is 25.4. The molecule has 26 heavy (non-hydrogen) atoms. The van der Waals surface area contributed by atoms with Crippen molar-refractivity contribution in [3.05, 3.63) is 29.3 Å². The van der Waals surface area contributed by atoms with E-state index in [1.165, 1.54) is 11.8 Å². The van der Waals surface area contributed by atoms with Gasteiger partial charge in [0.25, 0.3) is 5.91 Å². The van der Waals surface area contributed by atoms with Crippen LogP contribution >= 0.6 is 23.4 Å². The highest BCUT2D eigenvalue weighted by Gasteiger charge is 2.49. The topological polar surface area (TPSA) is 113 Å². The van der Waals surface area contributed by atoms with Crippen LogP contribution in [0.25, 0.3) is 0 Å². The van der Waals surface area contributed by atoms with Crippen LogP contribution in [-0.2, 0) is 24.2 Å². The van der Waals surface area contributed by atoms with E-state index < -0.39 is 34.9 Å². The van der Waals surface area contributed by atoms with Gasteiger partial charge in [-0.3, -0.25) is 4.79 Å². The predicted molar refractivity (Wildman–Crippen MR) is 98.6 cm³/mol. The maximum Gasteiger partial charge on any atom is 0.329 e. The standard InChI is InChI=1S/C15H15ClN2O6S2/c16-9-2-1-3-10(4-9)18-11-7-26(22,23)8-12(11)25-15(18)17-13(19)5-24-6-14(20)21/h1-4,11-12H,5-8H2,(H,20,21)/t11-,12+/m1/s1. The first-order chi connectivity index (χ1) is 12.2. The third kappa shape index (κ3) is 4.37. The van der Waals surface area contributed by atoms with Crippen molar-refractivity contribution in [1.82, 2.24) is 0 Å². The van der Waals surface area contributed by atoms with Gasteiger partial charge in [-0.15, -0.1) is 0 Å². The molecule has 0 saturated carbocycles. The lowest BCUT2D eigenvalue weighted by Crippen LogP contribution is -2.37. The van der Waals surface area contributed by atoms with E-state index in [0.717, 1.165) is 0 Å². The summed E-state index contributed by atoms with van der Waals surface area (Å²) in [7, 11) is -3.16. The molecule has 1 aromatic carbocycles. The SMILES string of the molecule is O=C(O)COCC(=O)N=C1S[C@H]2CS(=O)(=O)C[C@H]2N1c1cccc(Cl)c1. The Morgan fingerprint density at radius 2 is 2.12 bits per heavy atom. The Morgan fingerprint density at radius 1 is 1.35 bits per heavy atom. The van der Waals surface area contributed by atoms with Gasteiger partial charge in [-0.2, -0.15) is 4.99 Å². The summed E-state index contributed by atoms with van der Waals surface area (Å²) in [6.07, 6.45) is 0. The molecular formula is C15H15ClN2O6S2. The number of amidine groups is 1. The van der Waals surface area contributed by atoms with Gasteiger partial charge < -0.3 is 14.7 Å². The number of carboxylic acids is 1. The fourth-order valence-electron chi connectivity index (χ4n) is 2.86. The molecule has 2 saturated heterocycles. The molecule has 1 amide bonds. The van der Waals surface area contributed by atoms with E-state index in [1.807, 2.05) is 0 Å². The number of benzene rings is 1. The molecule has 11 heteroatoms. The van der Waals surface area contributed by atoms with Crippen LogP contribution < -0.4 is 4.90 Å². The number of aliphatic carboxylic acids is 1. The summed E-state index contributed by atoms with van der Waals surface area (Å²) < 4.78 is 28.7. The molecule has 2 heterocycles. The first kappa shape index (κ1) is 19.2. The van der Waals surface area contributed by atoms with Crippen molar-refractivity contribution in [2.75, 3.05) is 29.6 Å². The zero-order chi connectivity index (χ0) is 18.9. The maximum atomic E-state index is 12.0. The number of anilines is 1. The molecule has 3 rings (SSSR count). The van der Waals surface area contributed by atoms with Crippen LogP contribution in [0.5, 0.6) is 0 Å². The molecule has 2 atom stereocenters. The van der Waals surface area contributed by atoms with E-state index in [0.29, 0.717) is 15.9 Å². The molecule has 0 aromatic heterocycles. The fourth-order valence-corrected chi connectivity index (χ4v) is 6.97. The van der Waals surface area contributed by atoms with Crippen molar-refractivity contribution in [3.8, 4) is 0 Å². The summed E-state index contributed by atoms with van der Waals surface area (Å²) in [5, 5.41) is 9.14. The van der Waals surface area contributed by atoms with Crippen molar-refractivity contribution in [3.63, 3.8) is 0 Å². The Morgan fingerprint density at radius 3 is 2.81 bits per heavy atom. The van der Waals surface area contributed by atoms with Gasteiger partial charge >= 0.3 is 5.97 Å². The quantitative estimate of drug-likeness (QED) is 0.754. The predicted octanol–water partition coefficient (Wildman–Crippen LogP) is 1.04. The van der Waals surface area contributed by atoms with Gasteiger partial charge in [0, 0.05) is 16.0 Å². The highest BCUT2D eigenvalue weighted by molar-refractivity contribution is 8.16. The number of halogens is 1. The van der Waals surface area contributed by atoms with E-state index in [1.54, 1.807) is 29.2 Å². The van der Waals surface area contributed by atoms with Crippen LogP contribution in [-0.4, -0.2) is 66.6 Å². The third-order valence-electron chi connectivity index (χ3n) is 3.82. The Balaban J connectivity index is 1.85. The summed E-state index contributed by atoms with van der Waals surface area (Å²) in [6, 6.07) is 6.53. The number of thioether (sulfide) groups is 1. The molecule has 0 aliphatic carbocycles. The number of sulfone groups is 1. The molecule has 0 radical (unpaired) electrons. The number of rotatable bonds is 5. The summed E-state index contributed by atoms with van der Waals surface area (Å²) in [5.74, 6) is -1.83. The fraction of sp³-hybridized carbons (Fsp3) is 0.400. The second-order valence-corrected chi connectivity index (χ2v) is 9.62. The van der Waals surface area contributed by atoms with Crippen LogP contribution in [0, 0.1) is 0 Å². The summed E-state index contributed by atoms with van der Waals surface area (Å²) in [4.78, 5) is 28.1. The number of amides is 1. The zero-order valence-corrected chi connectivity index (χ0v) is 15.8. The summed E-state index contributed by atoms with van der Waals surface area (Å²) >= 11 is 7.26. The number of hydrogen-bond donors (Lipinski definition) is 1. The lowest BCUT2D eigenvalue weighted by Gasteiger charge is -2.24. The molecule has 0 bridgehead atoms. The summed E-state index contributed by atoms with van der Waals surface area (Å²) in [6.45, 7) is -1.06. The largest absolute Gasteiger partial charge is 0.480 e. The number of fused-ring (bicyclic) bond motifs is 1. The molecule has 2 aliphatic rings. The average Bonchev–Trinajstić information content (AvgIpc) is 2.97. The average molecular weight is 419 g/mol. The lowest BCUT2D eigenvalue weighted by atomic mass is 10.2. The number of ether oxygens (including phenoxy) is 1. The number of aliphatic imine (C=N–C) groups is 1. The molecule has 2 fully saturated rings.